The summed E-state index contributed by atoms with van der Waals surface area (Å²) < 4.78 is 0. The van der Waals surface area contributed by atoms with E-state index in [1.807, 2.05) is 44.3 Å². The summed E-state index contributed by atoms with van der Waals surface area (Å²) in [6, 6.07) is 11.4. The normalized spacial score (nSPS) is 10.3. The average molecular weight is 256 g/mol. The summed E-state index contributed by atoms with van der Waals surface area (Å²) in [4.78, 5) is 17.6. The molecular formula is C15H16N2O2. The molecule has 1 heterocycles. The number of para-hydroxylation sites is 1. The molecule has 0 spiro atoms. The first-order chi connectivity index (χ1) is 9.00. The van der Waals surface area contributed by atoms with Gasteiger partial charge in [-0.15, -0.1) is 0 Å². The van der Waals surface area contributed by atoms with Crippen LogP contribution in [0.3, 0.4) is 0 Å². The maximum atomic E-state index is 11.4. The molecule has 19 heavy (non-hydrogen) atoms. The van der Waals surface area contributed by atoms with Gasteiger partial charge in [-0.05, 0) is 37.6 Å². The monoisotopic (exact) mass is 256 g/mol. The fourth-order valence-electron chi connectivity index (χ4n) is 2.10. The van der Waals surface area contributed by atoms with Gasteiger partial charge < -0.3 is 10.0 Å². The van der Waals surface area contributed by atoms with Gasteiger partial charge in [0.05, 0.1) is 0 Å². The molecule has 0 atom stereocenters. The molecule has 0 aliphatic rings. The van der Waals surface area contributed by atoms with Crippen molar-refractivity contribution in [3.8, 4) is 0 Å². The smallest absolute Gasteiger partial charge is 0.339 e. The highest BCUT2D eigenvalue weighted by atomic mass is 16.4. The van der Waals surface area contributed by atoms with Crippen molar-refractivity contribution >= 4 is 17.5 Å². The van der Waals surface area contributed by atoms with E-state index in [0.717, 1.165) is 16.9 Å². The predicted molar refractivity (Wildman–Crippen MR) is 75.2 cm³/mol. The summed E-state index contributed by atoms with van der Waals surface area (Å²) in [7, 11) is 1.82. The first kappa shape index (κ1) is 13.1. The molecule has 0 saturated heterocycles. The van der Waals surface area contributed by atoms with Gasteiger partial charge in [0.25, 0.3) is 0 Å². The zero-order valence-corrected chi connectivity index (χ0v) is 11.2. The third-order valence-electron chi connectivity index (χ3n) is 3.00. The first-order valence-corrected chi connectivity index (χ1v) is 6.01. The summed E-state index contributed by atoms with van der Waals surface area (Å²) in [5.41, 5.74) is 2.68. The first-order valence-electron chi connectivity index (χ1n) is 6.01. The van der Waals surface area contributed by atoms with E-state index in [2.05, 4.69) is 4.98 Å². The SMILES string of the molecule is Cc1cc(C)c(C(=O)O)c(N(C)c2ccccc2)n1. The molecule has 1 N–H and O–H groups in total. The number of pyridine rings is 1. The highest BCUT2D eigenvalue weighted by Crippen LogP contribution is 2.27. The van der Waals surface area contributed by atoms with Crippen molar-refractivity contribution in [1.82, 2.24) is 4.98 Å². The van der Waals surface area contributed by atoms with Crippen LogP contribution >= 0.6 is 0 Å². The van der Waals surface area contributed by atoms with Crippen LogP contribution in [-0.4, -0.2) is 23.1 Å². The molecule has 1 aromatic heterocycles. The van der Waals surface area contributed by atoms with Crippen LogP contribution in [-0.2, 0) is 0 Å². The van der Waals surface area contributed by atoms with E-state index in [1.165, 1.54) is 0 Å². The number of rotatable bonds is 3. The molecule has 0 fully saturated rings. The number of hydrogen-bond donors (Lipinski definition) is 1. The maximum Gasteiger partial charge on any atom is 0.339 e. The molecule has 4 nitrogen and oxygen atoms in total. The van der Waals surface area contributed by atoms with Crippen LogP contribution in [0.1, 0.15) is 21.6 Å². The molecule has 98 valence electrons. The topological polar surface area (TPSA) is 53.4 Å². The van der Waals surface area contributed by atoms with Crippen LogP contribution < -0.4 is 4.90 Å². The Balaban J connectivity index is 2.58. The second-order valence-corrected chi connectivity index (χ2v) is 4.48. The minimum absolute atomic E-state index is 0.247. The van der Waals surface area contributed by atoms with Crippen molar-refractivity contribution in [2.45, 2.75) is 13.8 Å². The van der Waals surface area contributed by atoms with Gasteiger partial charge in [0.1, 0.15) is 11.4 Å². The Morgan fingerprint density at radius 2 is 1.84 bits per heavy atom. The van der Waals surface area contributed by atoms with Crippen LogP contribution in [0.4, 0.5) is 11.5 Å². The van der Waals surface area contributed by atoms with Crippen molar-refractivity contribution in [3.05, 3.63) is 53.2 Å². The number of hydrogen-bond acceptors (Lipinski definition) is 3. The second kappa shape index (κ2) is 5.10. The lowest BCUT2D eigenvalue weighted by Crippen LogP contribution is -2.17. The number of nitrogens with zero attached hydrogens (tertiary/aromatic N) is 2. The number of carbonyl (C=O) groups is 1. The van der Waals surface area contributed by atoms with Gasteiger partial charge in [0, 0.05) is 18.4 Å². The van der Waals surface area contributed by atoms with E-state index in [4.69, 9.17) is 0 Å². The molecule has 0 saturated carbocycles. The van der Waals surface area contributed by atoms with Gasteiger partial charge in [0.15, 0.2) is 0 Å². The number of anilines is 2. The molecule has 0 aliphatic carbocycles. The number of carboxylic acids is 1. The predicted octanol–water partition coefficient (Wildman–Crippen LogP) is 3.16. The molecule has 2 rings (SSSR count). The van der Waals surface area contributed by atoms with Crippen LogP contribution in [0.2, 0.25) is 0 Å². The molecule has 2 aromatic rings. The highest BCUT2D eigenvalue weighted by molar-refractivity contribution is 5.96. The van der Waals surface area contributed by atoms with Crippen molar-refractivity contribution < 1.29 is 9.90 Å². The Hall–Kier alpha value is -2.36. The summed E-state index contributed by atoms with van der Waals surface area (Å²) in [6.07, 6.45) is 0. The Morgan fingerprint density at radius 3 is 2.42 bits per heavy atom. The maximum absolute atomic E-state index is 11.4. The van der Waals surface area contributed by atoms with Gasteiger partial charge in [-0.25, -0.2) is 9.78 Å². The van der Waals surface area contributed by atoms with Crippen LogP contribution in [0, 0.1) is 13.8 Å². The van der Waals surface area contributed by atoms with Gasteiger partial charge in [0.2, 0.25) is 0 Å². The van der Waals surface area contributed by atoms with Crippen molar-refractivity contribution in [2.75, 3.05) is 11.9 Å². The van der Waals surface area contributed by atoms with Crippen LogP contribution in [0.15, 0.2) is 36.4 Å². The highest BCUT2D eigenvalue weighted by Gasteiger charge is 2.19. The van der Waals surface area contributed by atoms with Gasteiger partial charge >= 0.3 is 5.97 Å². The Bertz CT molecular complexity index is 609. The van der Waals surface area contributed by atoms with E-state index < -0.39 is 5.97 Å². The van der Waals surface area contributed by atoms with Crippen LogP contribution in [0.5, 0.6) is 0 Å². The molecule has 0 aliphatic heterocycles. The van der Waals surface area contributed by atoms with Crippen molar-refractivity contribution in [3.63, 3.8) is 0 Å². The molecule has 1 aromatic carbocycles. The number of aromatic nitrogens is 1. The molecule has 0 bridgehead atoms. The Kier molecular flexibility index (Phi) is 3.51. The summed E-state index contributed by atoms with van der Waals surface area (Å²) in [6.45, 7) is 3.65. The third-order valence-corrected chi connectivity index (χ3v) is 3.00. The number of aryl methyl sites for hydroxylation is 2. The zero-order valence-electron chi connectivity index (χ0n) is 11.2. The Morgan fingerprint density at radius 1 is 1.21 bits per heavy atom. The summed E-state index contributed by atoms with van der Waals surface area (Å²) >= 11 is 0. The quantitative estimate of drug-likeness (QED) is 0.916. The van der Waals surface area contributed by atoms with Gasteiger partial charge in [-0.2, -0.15) is 0 Å². The fourth-order valence-corrected chi connectivity index (χ4v) is 2.10. The minimum Gasteiger partial charge on any atom is -0.478 e. The lowest BCUT2D eigenvalue weighted by molar-refractivity contribution is 0.0696. The number of carboxylic acid groups (broad SMARTS) is 1. The minimum atomic E-state index is -0.956. The summed E-state index contributed by atoms with van der Waals surface area (Å²) in [5.74, 6) is -0.487. The summed E-state index contributed by atoms with van der Waals surface area (Å²) in [5, 5.41) is 9.37. The standard InChI is InChI=1S/C15H16N2O2/c1-10-9-11(2)16-14(13(10)15(18)19)17(3)12-7-5-4-6-8-12/h4-9H,1-3H3,(H,18,19). The number of benzene rings is 1. The van der Waals surface area contributed by atoms with Gasteiger partial charge in [-0.1, -0.05) is 18.2 Å². The van der Waals surface area contributed by atoms with E-state index >= 15 is 0 Å². The van der Waals surface area contributed by atoms with E-state index in [9.17, 15) is 9.90 Å². The molecule has 0 amide bonds. The average Bonchev–Trinajstić information content (AvgIpc) is 2.37. The Labute approximate surface area is 112 Å². The molecule has 0 radical (unpaired) electrons. The lowest BCUT2D eigenvalue weighted by Gasteiger charge is -2.21. The van der Waals surface area contributed by atoms with Crippen molar-refractivity contribution in [1.29, 1.82) is 0 Å². The van der Waals surface area contributed by atoms with E-state index in [-0.39, 0.29) is 5.56 Å². The molecule has 4 heteroatoms. The van der Waals surface area contributed by atoms with E-state index in [0.29, 0.717) is 5.82 Å². The van der Waals surface area contributed by atoms with Crippen LogP contribution in [0.25, 0.3) is 0 Å². The molecular weight excluding hydrogens is 240 g/mol. The second-order valence-electron chi connectivity index (χ2n) is 4.48. The van der Waals surface area contributed by atoms with Crippen molar-refractivity contribution in [2.24, 2.45) is 0 Å². The lowest BCUT2D eigenvalue weighted by atomic mass is 10.1. The largest absolute Gasteiger partial charge is 0.478 e. The third kappa shape index (κ3) is 2.57. The zero-order chi connectivity index (χ0) is 14.0. The fraction of sp³-hybridized carbons (Fsp3) is 0.200. The number of aromatic carboxylic acids is 1. The van der Waals surface area contributed by atoms with E-state index in [1.54, 1.807) is 17.9 Å². The van der Waals surface area contributed by atoms with Gasteiger partial charge in [-0.3, -0.25) is 0 Å². The molecule has 0 unspecified atom stereocenters.